The van der Waals surface area contributed by atoms with E-state index in [0.717, 1.165) is 12.8 Å². The zero-order valence-electron chi connectivity index (χ0n) is 10.5. The predicted octanol–water partition coefficient (Wildman–Crippen LogP) is 0.665. The largest absolute Gasteiger partial charge is 2.00 e. The van der Waals surface area contributed by atoms with E-state index in [9.17, 15) is 0 Å². The minimum atomic E-state index is -1.10. The smallest absolute Gasteiger partial charge is 1.00 e. The summed E-state index contributed by atoms with van der Waals surface area (Å²) in [5.41, 5.74) is 3.39. The Bertz CT molecular complexity index is 176. The van der Waals surface area contributed by atoms with Crippen LogP contribution in [0, 0.1) is 18.4 Å². The SMILES string of the molecule is [Br-].[CH2-]CCCCCCC#C[Si](C)(C)C.[Mg+2]. The molecule has 0 nitrogen and oxygen atoms in total. The Morgan fingerprint density at radius 1 is 1.00 bits per heavy atom. The molecule has 0 fully saturated rings. The van der Waals surface area contributed by atoms with Gasteiger partial charge in [-0.3, -0.25) is 0 Å². The van der Waals surface area contributed by atoms with Crippen molar-refractivity contribution in [2.24, 2.45) is 0 Å². The second-order valence-corrected chi connectivity index (χ2v) is 9.32. The van der Waals surface area contributed by atoms with E-state index in [1.807, 2.05) is 0 Å². The van der Waals surface area contributed by atoms with E-state index in [1.165, 1.54) is 25.7 Å². The van der Waals surface area contributed by atoms with Crippen LogP contribution in [-0.4, -0.2) is 31.1 Å². The van der Waals surface area contributed by atoms with Gasteiger partial charge in [-0.2, -0.15) is 6.42 Å². The minimum absolute atomic E-state index is 0. The van der Waals surface area contributed by atoms with Crippen LogP contribution < -0.4 is 17.0 Å². The zero-order chi connectivity index (χ0) is 10.2. The maximum atomic E-state index is 3.83. The molecule has 0 atom stereocenters. The summed E-state index contributed by atoms with van der Waals surface area (Å²) in [6.07, 6.45) is 7.40. The van der Waals surface area contributed by atoms with E-state index in [1.54, 1.807) is 0 Å². The second-order valence-electron chi connectivity index (χ2n) is 4.57. The molecule has 0 N–H and O–H groups in total. The fourth-order valence-electron chi connectivity index (χ4n) is 1.07. The summed E-state index contributed by atoms with van der Waals surface area (Å²) in [5.74, 6) is 3.30. The summed E-state index contributed by atoms with van der Waals surface area (Å²) in [6, 6.07) is 0. The fraction of sp³-hybridized carbons (Fsp3) is 0.750. The molecule has 15 heavy (non-hydrogen) atoms. The van der Waals surface area contributed by atoms with Gasteiger partial charge in [-0.15, -0.1) is 11.5 Å². The molecular formula is C12H23BrMgSi. The van der Waals surface area contributed by atoms with Gasteiger partial charge < -0.3 is 23.9 Å². The molecule has 0 radical (unpaired) electrons. The Morgan fingerprint density at radius 3 is 2.00 bits per heavy atom. The molecule has 0 saturated heterocycles. The number of unbranched alkanes of at least 4 members (excludes halogenated alkanes) is 5. The van der Waals surface area contributed by atoms with Crippen LogP contribution in [-0.2, 0) is 0 Å². The van der Waals surface area contributed by atoms with Crippen molar-refractivity contribution in [1.29, 1.82) is 0 Å². The van der Waals surface area contributed by atoms with Crippen molar-refractivity contribution in [3.8, 4) is 11.5 Å². The molecule has 0 unspecified atom stereocenters. The molecule has 0 spiro atoms. The first-order valence-electron chi connectivity index (χ1n) is 5.35. The van der Waals surface area contributed by atoms with Crippen molar-refractivity contribution in [2.45, 2.75) is 58.2 Å². The molecule has 0 heterocycles. The fourth-order valence-corrected chi connectivity index (χ4v) is 1.73. The van der Waals surface area contributed by atoms with Gasteiger partial charge in [0.05, 0.1) is 0 Å². The Kier molecular flexibility index (Phi) is 18.6. The number of hydrogen-bond acceptors (Lipinski definition) is 0. The first kappa shape index (κ1) is 21.3. The second kappa shape index (κ2) is 13.1. The third-order valence-corrected chi connectivity index (χ3v) is 2.69. The third kappa shape index (κ3) is 21.0. The molecule has 0 aromatic heterocycles. The summed E-state index contributed by atoms with van der Waals surface area (Å²) in [5, 5.41) is 0. The summed E-state index contributed by atoms with van der Waals surface area (Å²) in [6.45, 7) is 10.7. The molecule has 0 aliphatic rings. The van der Waals surface area contributed by atoms with E-state index >= 15 is 0 Å². The van der Waals surface area contributed by atoms with Gasteiger partial charge in [-0.05, 0) is 6.42 Å². The summed E-state index contributed by atoms with van der Waals surface area (Å²) in [4.78, 5) is 0. The summed E-state index contributed by atoms with van der Waals surface area (Å²) >= 11 is 0. The van der Waals surface area contributed by atoms with Crippen LogP contribution in [0.4, 0.5) is 0 Å². The van der Waals surface area contributed by atoms with E-state index in [-0.39, 0.29) is 40.0 Å². The van der Waals surface area contributed by atoms with Gasteiger partial charge in [0.15, 0.2) is 0 Å². The average molecular weight is 300 g/mol. The molecular weight excluding hydrogens is 276 g/mol. The molecule has 0 bridgehead atoms. The van der Waals surface area contributed by atoms with Crippen LogP contribution in [0.2, 0.25) is 19.6 Å². The van der Waals surface area contributed by atoms with Crippen LogP contribution in [0.1, 0.15) is 38.5 Å². The Morgan fingerprint density at radius 2 is 1.53 bits per heavy atom. The van der Waals surface area contributed by atoms with Gasteiger partial charge in [0.25, 0.3) is 0 Å². The molecule has 0 rings (SSSR count). The monoisotopic (exact) mass is 298 g/mol. The summed E-state index contributed by atoms with van der Waals surface area (Å²) < 4.78 is 0. The summed E-state index contributed by atoms with van der Waals surface area (Å²) in [7, 11) is -1.10. The van der Waals surface area contributed by atoms with Crippen molar-refractivity contribution in [1.82, 2.24) is 0 Å². The zero-order valence-corrected chi connectivity index (χ0v) is 14.5. The Balaban J connectivity index is -0.000000720. The molecule has 84 valence electrons. The number of hydrogen-bond donors (Lipinski definition) is 0. The molecule has 0 aliphatic heterocycles. The van der Waals surface area contributed by atoms with Gasteiger partial charge >= 0.3 is 23.1 Å². The van der Waals surface area contributed by atoms with Crippen LogP contribution in [0.15, 0.2) is 0 Å². The van der Waals surface area contributed by atoms with E-state index in [2.05, 4.69) is 38.0 Å². The quantitative estimate of drug-likeness (QED) is 0.303. The first-order chi connectivity index (χ1) is 6.06. The predicted molar refractivity (Wildman–Crippen MR) is 69.9 cm³/mol. The molecule has 0 aromatic carbocycles. The third-order valence-electron chi connectivity index (χ3n) is 1.77. The molecule has 0 amide bonds. The van der Waals surface area contributed by atoms with Crippen molar-refractivity contribution in [3.63, 3.8) is 0 Å². The van der Waals surface area contributed by atoms with Crippen LogP contribution >= 0.6 is 0 Å². The van der Waals surface area contributed by atoms with Gasteiger partial charge in [0.1, 0.15) is 8.07 Å². The number of halogens is 1. The maximum Gasteiger partial charge on any atom is 2.00 e. The van der Waals surface area contributed by atoms with Gasteiger partial charge in [0, 0.05) is 6.42 Å². The van der Waals surface area contributed by atoms with Crippen molar-refractivity contribution >= 4 is 31.1 Å². The maximum absolute atomic E-state index is 3.83. The molecule has 3 heteroatoms. The standard InChI is InChI=1S/C12H23Si.BrH.Mg/c1-5-6-7-8-9-10-11-12-13(2,3)4;;/h1,5-10H2,2-4H3;1H;/q-1;;+2/p-1. The Labute approximate surface area is 124 Å². The number of rotatable bonds is 5. The van der Waals surface area contributed by atoms with E-state index in [0.29, 0.717) is 0 Å². The molecule has 0 aliphatic carbocycles. The van der Waals surface area contributed by atoms with E-state index < -0.39 is 8.07 Å². The normalized spacial score (nSPS) is 9.33. The van der Waals surface area contributed by atoms with Crippen molar-refractivity contribution < 1.29 is 17.0 Å². The van der Waals surface area contributed by atoms with Crippen molar-refractivity contribution in [3.05, 3.63) is 6.92 Å². The first-order valence-corrected chi connectivity index (χ1v) is 8.85. The van der Waals surface area contributed by atoms with E-state index in [4.69, 9.17) is 0 Å². The van der Waals surface area contributed by atoms with Gasteiger partial charge in [-0.1, -0.05) is 38.9 Å². The Hall–Kier alpha value is 1.02. The van der Waals surface area contributed by atoms with Crippen LogP contribution in [0.25, 0.3) is 0 Å². The topological polar surface area (TPSA) is 0 Å². The van der Waals surface area contributed by atoms with Crippen LogP contribution in [0.3, 0.4) is 0 Å². The molecule has 0 aromatic rings. The van der Waals surface area contributed by atoms with Crippen molar-refractivity contribution in [2.75, 3.05) is 0 Å². The molecule has 0 saturated carbocycles. The van der Waals surface area contributed by atoms with Crippen LogP contribution in [0.5, 0.6) is 0 Å². The minimum Gasteiger partial charge on any atom is -1.00 e. The van der Waals surface area contributed by atoms with Gasteiger partial charge in [-0.25, -0.2) is 0 Å². The van der Waals surface area contributed by atoms with Gasteiger partial charge in [0.2, 0.25) is 0 Å². The average Bonchev–Trinajstić information content (AvgIpc) is 2.01.